The van der Waals surface area contributed by atoms with Crippen molar-refractivity contribution in [1.82, 2.24) is 24.6 Å². The molecule has 1 unspecified atom stereocenters. The summed E-state index contributed by atoms with van der Waals surface area (Å²) < 4.78 is 3.43. The molecule has 1 atom stereocenters. The van der Waals surface area contributed by atoms with Crippen LogP contribution in [0.4, 0.5) is 0 Å². The van der Waals surface area contributed by atoms with Gasteiger partial charge in [0, 0.05) is 39.0 Å². The highest BCUT2D eigenvalue weighted by Crippen LogP contribution is 2.23. The van der Waals surface area contributed by atoms with Crippen molar-refractivity contribution < 1.29 is 4.79 Å². The standard InChI is InChI=1S/C20H23N5O2/c1-24-17-6-4-3-5-16(17)22-18(24)9-10-21-20(27)13-7-8-15-14(11-13)12-19(26)25(2)23-15/h3-6,12-13H,7-11H2,1-2H3,(H,21,27). The Balaban J connectivity index is 1.37. The molecule has 7 nitrogen and oxygen atoms in total. The van der Waals surface area contributed by atoms with Gasteiger partial charge in [-0.15, -0.1) is 0 Å². The minimum Gasteiger partial charge on any atom is -0.355 e. The summed E-state index contributed by atoms with van der Waals surface area (Å²) >= 11 is 0. The van der Waals surface area contributed by atoms with Crippen LogP contribution in [0.25, 0.3) is 11.0 Å². The number of hydrogen-bond donors (Lipinski definition) is 1. The highest BCUT2D eigenvalue weighted by atomic mass is 16.2. The summed E-state index contributed by atoms with van der Waals surface area (Å²) in [5, 5.41) is 7.33. The Morgan fingerprint density at radius 2 is 2.11 bits per heavy atom. The maximum Gasteiger partial charge on any atom is 0.266 e. The summed E-state index contributed by atoms with van der Waals surface area (Å²) in [6.07, 6.45) is 2.75. The van der Waals surface area contributed by atoms with Gasteiger partial charge in [0.2, 0.25) is 5.91 Å². The zero-order chi connectivity index (χ0) is 19.0. The molecule has 2 aromatic heterocycles. The molecule has 1 aliphatic rings. The van der Waals surface area contributed by atoms with Gasteiger partial charge in [0.05, 0.1) is 16.7 Å². The molecule has 0 spiro atoms. The van der Waals surface area contributed by atoms with Gasteiger partial charge in [0.25, 0.3) is 5.56 Å². The Labute approximate surface area is 157 Å². The monoisotopic (exact) mass is 365 g/mol. The van der Waals surface area contributed by atoms with Gasteiger partial charge in [-0.2, -0.15) is 5.10 Å². The molecule has 0 aliphatic heterocycles. The molecule has 1 aliphatic carbocycles. The number of carbonyl (C=O) groups excluding carboxylic acids is 1. The predicted molar refractivity (Wildman–Crippen MR) is 102 cm³/mol. The summed E-state index contributed by atoms with van der Waals surface area (Å²) in [4.78, 5) is 29.0. The van der Waals surface area contributed by atoms with E-state index in [-0.39, 0.29) is 17.4 Å². The van der Waals surface area contributed by atoms with Crippen LogP contribution >= 0.6 is 0 Å². The Morgan fingerprint density at radius 3 is 2.93 bits per heavy atom. The molecular weight excluding hydrogens is 342 g/mol. The maximum atomic E-state index is 12.6. The number of fused-ring (bicyclic) bond motifs is 2. The summed E-state index contributed by atoms with van der Waals surface area (Å²) in [5.74, 6) is 0.894. The Hall–Kier alpha value is -2.96. The van der Waals surface area contributed by atoms with Gasteiger partial charge in [0.15, 0.2) is 0 Å². The second-order valence-corrected chi connectivity index (χ2v) is 7.13. The van der Waals surface area contributed by atoms with Crippen LogP contribution in [0.2, 0.25) is 0 Å². The third-order valence-corrected chi connectivity index (χ3v) is 5.35. The summed E-state index contributed by atoms with van der Waals surface area (Å²) in [5.41, 5.74) is 3.77. The quantitative estimate of drug-likeness (QED) is 0.751. The first-order chi connectivity index (χ1) is 13.0. The Bertz CT molecular complexity index is 1070. The average molecular weight is 365 g/mol. The van der Waals surface area contributed by atoms with Crippen molar-refractivity contribution in [3.8, 4) is 0 Å². The van der Waals surface area contributed by atoms with Crippen molar-refractivity contribution in [2.75, 3.05) is 6.54 Å². The minimum absolute atomic E-state index is 0.0418. The van der Waals surface area contributed by atoms with Crippen LogP contribution in [-0.2, 0) is 38.2 Å². The number of carbonyl (C=O) groups is 1. The van der Waals surface area contributed by atoms with E-state index in [1.54, 1.807) is 13.1 Å². The lowest BCUT2D eigenvalue weighted by Gasteiger charge is -2.23. The smallest absolute Gasteiger partial charge is 0.266 e. The van der Waals surface area contributed by atoms with E-state index in [1.165, 1.54) is 4.68 Å². The Kier molecular flexibility index (Phi) is 4.51. The van der Waals surface area contributed by atoms with Gasteiger partial charge in [-0.05, 0) is 37.0 Å². The number of hydrogen-bond acceptors (Lipinski definition) is 4. The van der Waals surface area contributed by atoms with E-state index in [1.807, 2.05) is 31.3 Å². The highest BCUT2D eigenvalue weighted by Gasteiger charge is 2.26. The molecule has 0 radical (unpaired) electrons. The number of aryl methyl sites for hydroxylation is 3. The van der Waals surface area contributed by atoms with Crippen molar-refractivity contribution in [3.05, 3.63) is 57.8 Å². The van der Waals surface area contributed by atoms with Crippen LogP contribution in [0.3, 0.4) is 0 Å². The number of para-hydroxylation sites is 2. The van der Waals surface area contributed by atoms with Crippen LogP contribution in [0.5, 0.6) is 0 Å². The van der Waals surface area contributed by atoms with Crippen LogP contribution in [0, 0.1) is 5.92 Å². The average Bonchev–Trinajstić information content (AvgIpc) is 2.98. The van der Waals surface area contributed by atoms with E-state index >= 15 is 0 Å². The summed E-state index contributed by atoms with van der Waals surface area (Å²) in [7, 11) is 3.65. The van der Waals surface area contributed by atoms with Crippen LogP contribution < -0.4 is 10.9 Å². The number of amides is 1. The third kappa shape index (κ3) is 3.37. The van der Waals surface area contributed by atoms with E-state index in [0.717, 1.165) is 41.0 Å². The molecule has 7 heteroatoms. The lowest BCUT2D eigenvalue weighted by Crippen LogP contribution is -2.36. The molecule has 27 heavy (non-hydrogen) atoms. The maximum absolute atomic E-state index is 12.6. The SMILES string of the molecule is Cn1nc2c(cc1=O)CC(C(=O)NCCc1nc3ccccc3n1C)CC2. The van der Waals surface area contributed by atoms with Crippen molar-refractivity contribution in [2.45, 2.75) is 25.7 Å². The van der Waals surface area contributed by atoms with Gasteiger partial charge < -0.3 is 9.88 Å². The van der Waals surface area contributed by atoms with Crippen molar-refractivity contribution in [2.24, 2.45) is 20.0 Å². The third-order valence-electron chi connectivity index (χ3n) is 5.35. The van der Waals surface area contributed by atoms with Crippen molar-refractivity contribution in [1.29, 1.82) is 0 Å². The fourth-order valence-electron chi connectivity index (χ4n) is 3.77. The molecule has 4 rings (SSSR count). The molecule has 3 aromatic rings. The Morgan fingerprint density at radius 1 is 1.30 bits per heavy atom. The van der Waals surface area contributed by atoms with Crippen molar-refractivity contribution >= 4 is 16.9 Å². The van der Waals surface area contributed by atoms with E-state index in [0.29, 0.717) is 19.4 Å². The molecule has 1 amide bonds. The molecule has 0 bridgehead atoms. The molecular formula is C20H23N5O2. The number of aromatic nitrogens is 4. The fraction of sp³-hybridized carbons (Fsp3) is 0.400. The molecule has 1 aromatic carbocycles. The number of nitrogens with one attached hydrogen (secondary N) is 1. The van der Waals surface area contributed by atoms with E-state index in [2.05, 4.69) is 20.0 Å². The molecule has 0 saturated heterocycles. The lowest BCUT2D eigenvalue weighted by atomic mass is 9.86. The van der Waals surface area contributed by atoms with Crippen LogP contribution in [-0.4, -0.2) is 31.8 Å². The summed E-state index contributed by atoms with van der Waals surface area (Å²) in [6, 6.07) is 9.63. The van der Waals surface area contributed by atoms with E-state index < -0.39 is 0 Å². The second-order valence-electron chi connectivity index (χ2n) is 7.13. The van der Waals surface area contributed by atoms with Gasteiger partial charge in [-0.1, -0.05) is 12.1 Å². The number of nitrogens with zero attached hydrogens (tertiary/aromatic N) is 4. The van der Waals surface area contributed by atoms with E-state index in [4.69, 9.17) is 0 Å². The number of imidazole rings is 1. The van der Waals surface area contributed by atoms with Gasteiger partial charge >= 0.3 is 0 Å². The van der Waals surface area contributed by atoms with E-state index in [9.17, 15) is 9.59 Å². The lowest BCUT2D eigenvalue weighted by molar-refractivity contribution is -0.125. The van der Waals surface area contributed by atoms with Gasteiger partial charge in [-0.3, -0.25) is 9.59 Å². The molecule has 0 fully saturated rings. The molecule has 1 N–H and O–H groups in total. The topological polar surface area (TPSA) is 81.8 Å². The zero-order valence-electron chi connectivity index (χ0n) is 15.6. The van der Waals surface area contributed by atoms with Crippen LogP contribution in [0.15, 0.2) is 35.1 Å². The summed E-state index contributed by atoms with van der Waals surface area (Å²) in [6.45, 7) is 0.550. The van der Waals surface area contributed by atoms with Gasteiger partial charge in [0.1, 0.15) is 5.82 Å². The molecule has 140 valence electrons. The highest BCUT2D eigenvalue weighted by molar-refractivity contribution is 5.79. The number of benzene rings is 1. The first-order valence-corrected chi connectivity index (χ1v) is 9.27. The second kappa shape index (κ2) is 6.98. The largest absolute Gasteiger partial charge is 0.355 e. The molecule has 0 saturated carbocycles. The minimum atomic E-state index is -0.128. The van der Waals surface area contributed by atoms with Gasteiger partial charge in [-0.25, -0.2) is 9.67 Å². The molecule has 2 heterocycles. The van der Waals surface area contributed by atoms with Crippen molar-refractivity contribution in [3.63, 3.8) is 0 Å². The first kappa shape index (κ1) is 17.5. The predicted octanol–water partition coefficient (Wildman–Crippen LogP) is 1.13. The zero-order valence-corrected chi connectivity index (χ0v) is 15.6. The number of rotatable bonds is 4. The normalized spacial score (nSPS) is 16.3. The van der Waals surface area contributed by atoms with Crippen LogP contribution in [0.1, 0.15) is 23.5 Å². The fourth-order valence-corrected chi connectivity index (χ4v) is 3.77. The first-order valence-electron chi connectivity index (χ1n) is 9.27.